The number of nitrogens with one attached hydrogen (secondary N) is 1. The number of carbonyl (C=O) groups excluding carboxylic acids is 1. The minimum Gasteiger partial charge on any atom is -0.496 e. The highest BCUT2D eigenvalue weighted by atomic mass is 16.5. The Hall–Kier alpha value is -3.67. The van der Waals surface area contributed by atoms with Crippen molar-refractivity contribution < 1.29 is 9.53 Å². The molecule has 2 heterocycles. The molecule has 1 amide bonds. The molecule has 0 aliphatic rings. The number of aromatic nitrogens is 3. The van der Waals surface area contributed by atoms with Crippen molar-refractivity contribution in [2.24, 2.45) is 0 Å². The van der Waals surface area contributed by atoms with Crippen molar-refractivity contribution in [3.8, 4) is 17.0 Å². The second-order valence-corrected chi connectivity index (χ2v) is 7.52. The number of benzene rings is 2. The number of fused-ring (bicyclic) bond motifs is 1. The normalized spacial score (nSPS) is 10.9. The largest absolute Gasteiger partial charge is 0.496 e. The zero-order valence-corrected chi connectivity index (χ0v) is 18.1. The van der Waals surface area contributed by atoms with Crippen LogP contribution < -0.4 is 10.1 Å². The van der Waals surface area contributed by atoms with Crippen LogP contribution in [0.4, 0.5) is 0 Å². The molecule has 0 saturated carbocycles. The van der Waals surface area contributed by atoms with Crippen LogP contribution >= 0.6 is 0 Å². The average molecular weight is 415 g/mol. The van der Waals surface area contributed by atoms with Crippen LogP contribution in [0.2, 0.25) is 0 Å². The molecule has 0 spiro atoms. The molecule has 1 N–H and O–H groups in total. The number of rotatable bonds is 7. The van der Waals surface area contributed by atoms with Crippen LogP contribution in [0.3, 0.4) is 0 Å². The number of carbonyl (C=O) groups is 1. The lowest BCUT2D eigenvalue weighted by Crippen LogP contribution is -2.23. The predicted octanol–water partition coefficient (Wildman–Crippen LogP) is 4.27. The molecule has 0 bridgehead atoms. The Balaban J connectivity index is 1.52. The van der Waals surface area contributed by atoms with Gasteiger partial charge >= 0.3 is 0 Å². The maximum Gasteiger partial charge on any atom is 0.220 e. The highest BCUT2D eigenvalue weighted by molar-refractivity contribution is 5.76. The molecular formula is C25H26N4O2. The summed E-state index contributed by atoms with van der Waals surface area (Å²) in [5.41, 5.74) is 6.59. The van der Waals surface area contributed by atoms with Crippen molar-refractivity contribution in [2.45, 2.75) is 33.2 Å². The van der Waals surface area contributed by atoms with Crippen molar-refractivity contribution in [1.29, 1.82) is 0 Å². The van der Waals surface area contributed by atoms with Crippen molar-refractivity contribution in [1.82, 2.24) is 19.9 Å². The Morgan fingerprint density at radius 1 is 1.06 bits per heavy atom. The van der Waals surface area contributed by atoms with E-state index in [-0.39, 0.29) is 5.91 Å². The van der Waals surface area contributed by atoms with Gasteiger partial charge in [-0.15, -0.1) is 0 Å². The lowest BCUT2D eigenvalue weighted by atomic mass is 10.1. The maximum atomic E-state index is 12.4. The zero-order chi connectivity index (χ0) is 21.8. The van der Waals surface area contributed by atoms with Crippen LogP contribution in [0, 0.1) is 13.8 Å². The summed E-state index contributed by atoms with van der Waals surface area (Å²) in [6.07, 6.45) is 1.02. The van der Waals surface area contributed by atoms with Gasteiger partial charge in [-0.05, 0) is 43.5 Å². The topological polar surface area (TPSA) is 68.5 Å². The van der Waals surface area contributed by atoms with Gasteiger partial charge < -0.3 is 10.1 Å². The summed E-state index contributed by atoms with van der Waals surface area (Å²) in [5.74, 6) is 0.800. The Kier molecular flexibility index (Phi) is 5.98. The fourth-order valence-electron chi connectivity index (χ4n) is 3.80. The molecule has 0 saturated heterocycles. The van der Waals surface area contributed by atoms with Crippen LogP contribution in [0.15, 0.2) is 60.7 Å². The molecule has 0 radical (unpaired) electrons. The Labute approximate surface area is 181 Å². The summed E-state index contributed by atoms with van der Waals surface area (Å²) >= 11 is 0. The quantitative estimate of drug-likeness (QED) is 0.490. The van der Waals surface area contributed by atoms with Crippen molar-refractivity contribution in [2.75, 3.05) is 7.11 Å². The third kappa shape index (κ3) is 4.43. The first-order chi connectivity index (χ1) is 15.1. The highest BCUT2D eigenvalue weighted by Crippen LogP contribution is 2.29. The van der Waals surface area contributed by atoms with Crippen LogP contribution in [0.25, 0.3) is 16.9 Å². The van der Waals surface area contributed by atoms with Gasteiger partial charge in [0.1, 0.15) is 5.75 Å². The van der Waals surface area contributed by atoms with Crippen molar-refractivity contribution in [3.63, 3.8) is 0 Å². The lowest BCUT2D eigenvalue weighted by molar-refractivity contribution is -0.121. The van der Waals surface area contributed by atoms with Gasteiger partial charge in [-0.25, -0.2) is 9.50 Å². The second kappa shape index (κ2) is 9.00. The van der Waals surface area contributed by atoms with E-state index in [0.717, 1.165) is 45.2 Å². The van der Waals surface area contributed by atoms with Crippen LogP contribution in [0.1, 0.15) is 28.9 Å². The predicted molar refractivity (Wildman–Crippen MR) is 121 cm³/mol. The molecule has 0 atom stereocenters. The summed E-state index contributed by atoms with van der Waals surface area (Å²) in [5, 5.41) is 7.76. The molecule has 4 rings (SSSR count). The molecule has 0 unspecified atom stereocenters. The standard InChI is InChI=1S/C25H26N4O2/c1-17-20(13-14-25(30)26-16-19-9-5-4-6-10-19)18(2)29-24(27-17)15-22(28-29)21-11-7-8-12-23(21)31-3/h4-12,15H,13-14,16H2,1-3H3,(H,26,30). The van der Waals surface area contributed by atoms with E-state index in [1.165, 1.54) is 0 Å². The summed E-state index contributed by atoms with van der Waals surface area (Å²) in [6, 6.07) is 19.7. The average Bonchev–Trinajstić information content (AvgIpc) is 3.22. The van der Waals surface area contributed by atoms with Gasteiger partial charge in [0, 0.05) is 36.0 Å². The lowest BCUT2D eigenvalue weighted by Gasteiger charge is -2.11. The van der Waals surface area contributed by atoms with E-state index in [9.17, 15) is 4.79 Å². The Bertz CT molecular complexity index is 1220. The number of hydrogen-bond donors (Lipinski definition) is 1. The van der Waals surface area contributed by atoms with Crippen molar-refractivity contribution >= 4 is 11.6 Å². The summed E-state index contributed by atoms with van der Waals surface area (Å²) < 4.78 is 7.33. The summed E-state index contributed by atoms with van der Waals surface area (Å²) in [7, 11) is 1.66. The Morgan fingerprint density at radius 3 is 2.58 bits per heavy atom. The van der Waals surface area contributed by atoms with E-state index in [4.69, 9.17) is 14.8 Å². The second-order valence-electron chi connectivity index (χ2n) is 7.52. The van der Waals surface area contributed by atoms with Gasteiger partial charge in [0.2, 0.25) is 5.91 Å². The Morgan fingerprint density at radius 2 is 1.81 bits per heavy atom. The van der Waals surface area contributed by atoms with Gasteiger partial charge in [-0.3, -0.25) is 4.79 Å². The molecule has 4 aromatic rings. The highest BCUT2D eigenvalue weighted by Gasteiger charge is 2.16. The number of nitrogens with zero attached hydrogens (tertiary/aromatic N) is 3. The molecular weight excluding hydrogens is 388 g/mol. The molecule has 6 nitrogen and oxygen atoms in total. The molecule has 6 heteroatoms. The van der Waals surface area contributed by atoms with E-state index in [0.29, 0.717) is 19.4 Å². The number of methoxy groups -OCH3 is 1. The van der Waals surface area contributed by atoms with Gasteiger partial charge in [0.05, 0.1) is 12.8 Å². The number of ether oxygens (including phenoxy) is 1. The van der Waals surface area contributed by atoms with Crippen LogP contribution in [0.5, 0.6) is 5.75 Å². The molecule has 0 fully saturated rings. The maximum absolute atomic E-state index is 12.4. The first-order valence-corrected chi connectivity index (χ1v) is 10.4. The van der Waals surface area contributed by atoms with Gasteiger partial charge in [-0.2, -0.15) is 5.10 Å². The van der Waals surface area contributed by atoms with Crippen LogP contribution in [-0.2, 0) is 17.8 Å². The van der Waals surface area contributed by atoms with E-state index < -0.39 is 0 Å². The minimum atomic E-state index is 0.0259. The fourth-order valence-corrected chi connectivity index (χ4v) is 3.80. The fraction of sp³-hybridized carbons (Fsp3) is 0.240. The number of aryl methyl sites for hydroxylation is 2. The van der Waals surface area contributed by atoms with E-state index >= 15 is 0 Å². The monoisotopic (exact) mass is 414 g/mol. The first kappa shape index (κ1) is 20.6. The molecule has 2 aromatic heterocycles. The van der Waals surface area contributed by atoms with Gasteiger partial charge in [-0.1, -0.05) is 42.5 Å². The van der Waals surface area contributed by atoms with Crippen LogP contribution in [-0.4, -0.2) is 27.6 Å². The molecule has 0 aliphatic carbocycles. The third-order valence-corrected chi connectivity index (χ3v) is 5.48. The van der Waals surface area contributed by atoms with Crippen molar-refractivity contribution in [3.05, 3.63) is 83.2 Å². The first-order valence-electron chi connectivity index (χ1n) is 10.4. The molecule has 2 aromatic carbocycles. The number of para-hydroxylation sites is 1. The molecule has 31 heavy (non-hydrogen) atoms. The molecule has 158 valence electrons. The number of hydrogen-bond acceptors (Lipinski definition) is 4. The SMILES string of the molecule is COc1ccccc1-c1cc2nc(C)c(CCC(=O)NCc3ccccc3)c(C)n2n1. The number of amides is 1. The van der Waals surface area contributed by atoms with E-state index in [2.05, 4.69) is 5.32 Å². The van der Waals surface area contributed by atoms with E-state index in [1.54, 1.807) is 7.11 Å². The third-order valence-electron chi connectivity index (χ3n) is 5.48. The zero-order valence-electron chi connectivity index (χ0n) is 18.1. The summed E-state index contributed by atoms with van der Waals surface area (Å²) in [6.45, 7) is 4.55. The van der Waals surface area contributed by atoms with Gasteiger partial charge in [0.15, 0.2) is 5.65 Å². The van der Waals surface area contributed by atoms with Gasteiger partial charge in [0.25, 0.3) is 0 Å². The van der Waals surface area contributed by atoms with E-state index in [1.807, 2.05) is 79.0 Å². The summed E-state index contributed by atoms with van der Waals surface area (Å²) in [4.78, 5) is 17.1. The smallest absolute Gasteiger partial charge is 0.220 e. The molecule has 0 aliphatic heterocycles. The minimum absolute atomic E-state index is 0.0259.